The summed E-state index contributed by atoms with van der Waals surface area (Å²) in [7, 11) is 0. The number of hydrogen-bond donors (Lipinski definition) is 2. The summed E-state index contributed by atoms with van der Waals surface area (Å²) < 4.78 is 14.0. The van der Waals surface area contributed by atoms with E-state index < -0.39 is 0 Å². The van der Waals surface area contributed by atoms with Crippen LogP contribution in [0.2, 0.25) is 0 Å². The van der Waals surface area contributed by atoms with Crippen molar-refractivity contribution in [2.75, 3.05) is 12.0 Å². The lowest BCUT2D eigenvalue weighted by atomic mass is 10.0. The predicted molar refractivity (Wildman–Crippen MR) is 71.9 cm³/mol. The first-order chi connectivity index (χ1) is 7.67. The standard InChI is InChI=1S/C11H16BrFN2S/c1-16-5-4-10(15-14)7-8-6-9(13)2-3-11(8)12/h2-3,6,10,15H,4-5,7,14H2,1H3. The van der Waals surface area contributed by atoms with Gasteiger partial charge in [-0.2, -0.15) is 11.8 Å². The quantitative estimate of drug-likeness (QED) is 0.627. The Morgan fingerprint density at radius 3 is 2.94 bits per heavy atom. The molecule has 0 saturated carbocycles. The third-order valence-electron chi connectivity index (χ3n) is 2.38. The second-order valence-electron chi connectivity index (χ2n) is 3.58. The minimum absolute atomic E-state index is 0.186. The molecule has 90 valence electrons. The zero-order valence-corrected chi connectivity index (χ0v) is 11.6. The van der Waals surface area contributed by atoms with Gasteiger partial charge in [-0.05, 0) is 48.6 Å². The number of hydrogen-bond acceptors (Lipinski definition) is 3. The summed E-state index contributed by atoms with van der Waals surface area (Å²) >= 11 is 5.20. The maximum Gasteiger partial charge on any atom is 0.123 e. The van der Waals surface area contributed by atoms with E-state index in [0.717, 1.165) is 28.6 Å². The molecular weight excluding hydrogens is 291 g/mol. The molecule has 0 saturated heterocycles. The zero-order chi connectivity index (χ0) is 12.0. The summed E-state index contributed by atoms with van der Waals surface area (Å²) in [6, 6.07) is 4.91. The Bertz CT molecular complexity index is 336. The largest absolute Gasteiger partial charge is 0.271 e. The minimum atomic E-state index is -0.209. The molecule has 1 aromatic carbocycles. The normalized spacial score (nSPS) is 12.8. The molecule has 5 heteroatoms. The number of benzene rings is 1. The molecule has 0 radical (unpaired) electrons. The molecule has 0 fully saturated rings. The maximum absolute atomic E-state index is 13.1. The van der Waals surface area contributed by atoms with Crippen LogP contribution >= 0.6 is 27.7 Å². The smallest absolute Gasteiger partial charge is 0.123 e. The van der Waals surface area contributed by atoms with E-state index in [9.17, 15) is 4.39 Å². The number of nitrogens with one attached hydrogen (secondary N) is 1. The van der Waals surface area contributed by atoms with Crippen LogP contribution in [0.15, 0.2) is 22.7 Å². The van der Waals surface area contributed by atoms with Crippen molar-refractivity contribution in [2.24, 2.45) is 5.84 Å². The van der Waals surface area contributed by atoms with Crippen LogP contribution in [0.25, 0.3) is 0 Å². The molecule has 0 aliphatic rings. The van der Waals surface area contributed by atoms with Gasteiger partial charge in [-0.15, -0.1) is 0 Å². The molecule has 2 nitrogen and oxygen atoms in total. The van der Waals surface area contributed by atoms with Gasteiger partial charge in [0.15, 0.2) is 0 Å². The first-order valence-electron chi connectivity index (χ1n) is 5.06. The van der Waals surface area contributed by atoms with Crippen molar-refractivity contribution in [3.8, 4) is 0 Å². The molecule has 0 amide bonds. The zero-order valence-electron chi connectivity index (χ0n) is 9.17. The summed E-state index contributed by atoms with van der Waals surface area (Å²) in [5, 5.41) is 0. The van der Waals surface area contributed by atoms with Crippen LogP contribution in [0, 0.1) is 5.82 Å². The third kappa shape index (κ3) is 4.41. The van der Waals surface area contributed by atoms with Gasteiger partial charge in [-0.25, -0.2) is 4.39 Å². The van der Waals surface area contributed by atoms with Crippen molar-refractivity contribution in [2.45, 2.75) is 18.9 Å². The van der Waals surface area contributed by atoms with Crippen molar-refractivity contribution < 1.29 is 4.39 Å². The molecule has 1 rings (SSSR count). The Kier molecular flexibility index (Phi) is 6.34. The van der Waals surface area contributed by atoms with Crippen LogP contribution in [-0.2, 0) is 6.42 Å². The highest BCUT2D eigenvalue weighted by Crippen LogP contribution is 2.20. The summed E-state index contributed by atoms with van der Waals surface area (Å²) in [5.41, 5.74) is 3.72. The van der Waals surface area contributed by atoms with E-state index in [1.54, 1.807) is 23.9 Å². The van der Waals surface area contributed by atoms with Gasteiger partial charge in [-0.3, -0.25) is 11.3 Å². The minimum Gasteiger partial charge on any atom is -0.271 e. The second-order valence-corrected chi connectivity index (χ2v) is 5.42. The van der Waals surface area contributed by atoms with Crippen LogP contribution in [-0.4, -0.2) is 18.1 Å². The van der Waals surface area contributed by atoms with Gasteiger partial charge < -0.3 is 0 Å². The van der Waals surface area contributed by atoms with E-state index in [0.29, 0.717) is 0 Å². The SMILES string of the molecule is CSCCC(Cc1cc(F)ccc1Br)NN. The lowest BCUT2D eigenvalue weighted by Crippen LogP contribution is -2.37. The van der Waals surface area contributed by atoms with Crippen molar-refractivity contribution in [1.82, 2.24) is 5.43 Å². The topological polar surface area (TPSA) is 38.0 Å². The second kappa shape index (κ2) is 7.27. The highest BCUT2D eigenvalue weighted by Gasteiger charge is 2.10. The summed E-state index contributed by atoms with van der Waals surface area (Å²) in [6.45, 7) is 0. The molecule has 0 bridgehead atoms. The molecular formula is C11H16BrFN2S. The molecule has 16 heavy (non-hydrogen) atoms. The highest BCUT2D eigenvalue weighted by molar-refractivity contribution is 9.10. The van der Waals surface area contributed by atoms with Gasteiger partial charge in [0.05, 0.1) is 0 Å². The van der Waals surface area contributed by atoms with Gasteiger partial charge in [0.1, 0.15) is 5.82 Å². The van der Waals surface area contributed by atoms with E-state index in [2.05, 4.69) is 27.6 Å². The molecule has 0 spiro atoms. The summed E-state index contributed by atoms with van der Waals surface area (Å²) in [4.78, 5) is 0. The van der Waals surface area contributed by atoms with E-state index in [4.69, 9.17) is 5.84 Å². The van der Waals surface area contributed by atoms with E-state index in [1.165, 1.54) is 6.07 Å². The fraction of sp³-hybridized carbons (Fsp3) is 0.455. The highest BCUT2D eigenvalue weighted by atomic mass is 79.9. The average Bonchev–Trinajstić information content (AvgIpc) is 2.28. The van der Waals surface area contributed by atoms with E-state index in [1.807, 2.05) is 0 Å². The Labute approximate surface area is 108 Å². The van der Waals surface area contributed by atoms with Gasteiger partial charge in [0.25, 0.3) is 0 Å². The molecule has 0 heterocycles. The predicted octanol–water partition coefficient (Wildman–Crippen LogP) is 2.72. The number of thioether (sulfide) groups is 1. The molecule has 3 N–H and O–H groups in total. The molecule has 0 aliphatic carbocycles. The summed E-state index contributed by atoms with van der Waals surface area (Å²) in [5.74, 6) is 6.32. The fourth-order valence-electron chi connectivity index (χ4n) is 1.47. The van der Waals surface area contributed by atoms with Gasteiger partial charge in [0, 0.05) is 10.5 Å². The number of nitrogens with two attached hydrogens (primary N) is 1. The molecule has 1 aromatic rings. The molecule has 1 unspecified atom stereocenters. The lowest BCUT2D eigenvalue weighted by molar-refractivity contribution is 0.512. The third-order valence-corrected chi connectivity index (χ3v) is 3.80. The first-order valence-corrected chi connectivity index (χ1v) is 7.25. The molecule has 0 aliphatic heterocycles. The van der Waals surface area contributed by atoms with Crippen LogP contribution in [0.3, 0.4) is 0 Å². The molecule has 1 atom stereocenters. The van der Waals surface area contributed by atoms with E-state index in [-0.39, 0.29) is 11.9 Å². The van der Waals surface area contributed by atoms with Gasteiger partial charge >= 0.3 is 0 Å². The number of halogens is 2. The number of rotatable bonds is 6. The monoisotopic (exact) mass is 306 g/mol. The maximum atomic E-state index is 13.1. The van der Waals surface area contributed by atoms with Crippen LogP contribution in [0.5, 0.6) is 0 Å². The summed E-state index contributed by atoms with van der Waals surface area (Å²) in [6.07, 6.45) is 3.77. The van der Waals surface area contributed by atoms with Gasteiger partial charge in [0.2, 0.25) is 0 Å². The van der Waals surface area contributed by atoms with E-state index >= 15 is 0 Å². The molecule has 0 aromatic heterocycles. The van der Waals surface area contributed by atoms with Crippen molar-refractivity contribution in [3.05, 3.63) is 34.1 Å². The average molecular weight is 307 g/mol. The van der Waals surface area contributed by atoms with Crippen molar-refractivity contribution in [1.29, 1.82) is 0 Å². The Morgan fingerprint density at radius 2 is 2.31 bits per heavy atom. The van der Waals surface area contributed by atoms with Crippen molar-refractivity contribution in [3.63, 3.8) is 0 Å². The van der Waals surface area contributed by atoms with Crippen LogP contribution < -0.4 is 11.3 Å². The Morgan fingerprint density at radius 1 is 1.56 bits per heavy atom. The first kappa shape index (κ1) is 14.0. The Hall–Kier alpha value is -0.100. The van der Waals surface area contributed by atoms with Crippen molar-refractivity contribution >= 4 is 27.7 Å². The fourth-order valence-corrected chi connectivity index (χ4v) is 2.40. The van der Waals surface area contributed by atoms with Gasteiger partial charge in [-0.1, -0.05) is 15.9 Å². The van der Waals surface area contributed by atoms with Crippen LogP contribution in [0.4, 0.5) is 4.39 Å². The lowest BCUT2D eigenvalue weighted by Gasteiger charge is -2.16. The number of hydrazine groups is 1. The Balaban J connectivity index is 2.65. The van der Waals surface area contributed by atoms with Crippen LogP contribution in [0.1, 0.15) is 12.0 Å².